The van der Waals surface area contributed by atoms with Crippen LogP contribution >= 0.6 is 22.7 Å². The molecule has 31 heavy (non-hydrogen) atoms. The van der Waals surface area contributed by atoms with Crippen molar-refractivity contribution in [3.63, 3.8) is 0 Å². The second-order valence-corrected chi connectivity index (χ2v) is 10.1. The van der Waals surface area contributed by atoms with Crippen molar-refractivity contribution in [3.8, 4) is 0 Å². The van der Waals surface area contributed by atoms with Crippen molar-refractivity contribution < 1.29 is 22.7 Å². The van der Waals surface area contributed by atoms with Gasteiger partial charge in [0.05, 0.1) is 35.7 Å². The molecule has 9 nitrogen and oxygen atoms in total. The minimum absolute atomic E-state index is 0.0620. The molecule has 0 fully saturated rings. The van der Waals surface area contributed by atoms with Crippen molar-refractivity contribution in [2.45, 2.75) is 24.7 Å². The number of ether oxygens (including phenoxy) is 1. The van der Waals surface area contributed by atoms with Gasteiger partial charge in [-0.3, -0.25) is 9.59 Å². The molecule has 0 aliphatic heterocycles. The van der Waals surface area contributed by atoms with Crippen LogP contribution in [0.1, 0.15) is 18.3 Å². The average molecular weight is 481 g/mol. The first-order valence-corrected chi connectivity index (χ1v) is 12.8. The van der Waals surface area contributed by atoms with Crippen LogP contribution < -0.4 is 10.6 Å². The summed E-state index contributed by atoms with van der Waals surface area (Å²) in [7, 11) is -3.25. The quantitative estimate of drug-likeness (QED) is 0.448. The van der Waals surface area contributed by atoms with Crippen molar-refractivity contribution >= 4 is 60.3 Å². The molecule has 3 aromatic rings. The maximum Gasteiger partial charge on any atom is 0.311 e. The van der Waals surface area contributed by atoms with Crippen LogP contribution in [0.15, 0.2) is 39.9 Å². The Kier molecular flexibility index (Phi) is 7.36. The number of benzene rings is 1. The molecule has 0 spiro atoms. The number of rotatable bonds is 9. The molecule has 0 atom stereocenters. The van der Waals surface area contributed by atoms with Gasteiger partial charge in [0, 0.05) is 22.7 Å². The van der Waals surface area contributed by atoms with Gasteiger partial charge in [0.1, 0.15) is 0 Å². The number of nitrogens with one attached hydrogen (secondary N) is 2. The van der Waals surface area contributed by atoms with Crippen LogP contribution in [0.25, 0.3) is 0 Å². The first-order chi connectivity index (χ1) is 14.7. The Morgan fingerprint density at radius 1 is 1.00 bits per heavy atom. The number of anilines is 3. The number of amides is 1. The van der Waals surface area contributed by atoms with Gasteiger partial charge < -0.3 is 15.4 Å². The highest BCUT2D eigenvalue weighted by Gasteiger charge is 2.13. The normalized spacial score (nSPS) is 11.2. The topological polar surface area (TPSA) is 127 Å². The summed E-state index contributed by atoms with van der Waals surface area (Å²) in [5.74, 6) is -0.634. The maximum absolute atomic E-state index is 12.3. The Hall–Kier alpha value is -2.83. The summed E-state index contributed by atoms with van der Waals surface area (Å²) in [5, 5.41) is 10.2. The summed E-state index contributed by atoms with van der Waals surface area (Å²) >= 11 is 2.57. The third-order valence-electron chi connectivity index (χ3n) is 3.86. The zero-order chi connectivity index (χ0) is 22.4. The van der Waals surface area contributed by atoms with E-state index in [9.17, 15) is 18.0 Å². The second-order valence-electron chi connectivity index (χ2n) is 6.42. The zero-order valence-corrected chi connectivity index (χ0v) is 19.2. The molecule has 0 radical (unpaired) electrons. The van der Waals surface area contributed by atoms with Gasteiger partial charge in [-0.1, -0.05) is 0 Å². The summed E-state index contributed by atoms with van der Waals surface area (Å²) in [6.45, 7) is 2.04. The number of nitrogens with zero attached hydrogens (tertiary/aromatic N) is 2. The standard InChI is InChI=1S/C19H20N4O5S3/c1-3-28-17(25)9-14-11-30-19(22-14)23-16(24)8-13-10-29-18(21-13)20-12-4-6-15(7-5-12)31(2,26)27/h4-7,10-11H,3,8-9H2,1-2H3,(H,20,21)(H,22,23,24). The van der Waals surface area contributed by atoms with E-state index in [0.717, 1.165) is 6.26 Å². The third kappa shape index (κ3) is 6.84. The van der Waals surface area contributed by atoms with E-state index in [1.807, 2.05) is 0 Å². The van der Waals surface area contributed by atoms with E-state index in [4.69, 9.17) is 4.74 Å². The van der Waals surface area contributed by atoms with Crippen molar-refractivity contribution in [2.24, 2.45) is 0 Å². The monoisotopic (exact) mass is 480 g/mol. The fourth-order valence-corrected chi connectivity index (χ4v) is 4.58. The number of carbonyl (C=O) groups excluding carboxylic acids is 2. The number of aromatic nitrogens is 2. The molecule has 0 saturated heterocycles. The van der Waals surface area contributed by atoms with Crippen LogP contribution in [0, 0.1) is 0 Å². The fraction of sp³-hybridized carbons (Fsp3) is 0.263. The Morgan fingerprint density at radius 3 is 2.26 bits per heavy atom. The predicted octanol–water partition coefficient (Wildman–Crippen LogP) is 3.03. The molecule has 164 valence electrons. The first kappa shape index (κ1) is 22.8. The number of thiazole rings is 2. The largest absolute Gasteiger partial charge is 0.466 e. The van der Waals surface area contributed by atoms with E-state index in [-0.39, 0.29) is 29.6 Å². The van der Waals surface area contributed by atoms with E-state index in [0.29, 0.717) is 33.9 Å². The maximum atomic E-state index is 12.3. The van der Waals surface area contributed by atoms with Crippen molar-refractivity contribution in [2.75, 3.05) is 23.5 Å². The van der Waals surface area contributed by atoms with Crippen LogP contribution in [0.4, 0.5) is 16.0 Å². The van der Waals surface area contributed by atoms with Gasteiger partial charge in [-0.2, -0.15) is 0 Å². The Balaban J connectivity index is 1.53. The van der Waals surface area contributed by atoms with Crippen LogP contribution in [0.2, 0.25) is 0 Å². The number of sulfone groups is 1. The van der Waals surface area contributed by atoms with Crippen LogP contribution in [-0.2, 0) is 37.0 Å². The number of hydrogen-bond acceptors (Lipinski definition) is 10. The highest BCUT2D eigenvalue weighted by atomic mass is 32.2. The molecule has 3 rings (SSSR count). The molecule has 1 amide bonds. The molecule has 0 aliphatic carbocycles. The van der Waals surface area contributed by atoms with Crippen LogP contribution in [0.5, 0.6) is 0 Å². The molecule has 0 bridgehead atoms. The van der Waals surface area contributed by atoms with E-state index in [1.54, 1.807) is 29.8 Å². The molecule has 2 N–H and O–H groups in total. The molecular formula is C19H20N4O5S3. The number of esters is 1. The van der Waals surface area contributed by atoms with Gasteiger partial charge in [-0.25, -0.2) is 18.4 Å². The van der Waals surface area contributed by atoms with Crippen molar-refractivity contribution in [1.82, 2.24) is 9.97 Å². The Labute approximate surface area is 187 Å². The van der Waals surface area contributed by atoms with Crippen molar-refractivity contribution in [1.29, 1.82) is 0 Å². The molecule has 0 saturated carbocycles. The SMILES string of the molecule is CCOC(=O)Cc1csc(NC(=O)Cc2csc(Nc3ccc(S(C)(=O)=O)cc3)n2)n1. The van der Waals surface area contributed by atoms with Gasteiger partial charge in [-0.05, 0) is 31.2 Å². The number of hydrogen-bond donors (Lipinski definition) is 2. The summed E-state index contributed by atoms with van der Waals surface area (Å²) in [6, 6.07) is 6.34. The minimum Gasteiger partial charge on any atom is -0.466 e. The fourth-order valence-electron chi connectivity index (χ4n) is 2.49. The summed E-state index contributed by atoms with van der Waals surface area (Å²) in [4.78, 5) is 32.6. The highest BCUT2D eigenvalue weighted by Crippen LogP contribution is 2.23. The predicted molar refractivity (Wildman–Crippen MR) is 120 cm³/mol. The van der Waals surface area contributed by atoms with Gasteiger partial charge in [0.25, 0.3) is 0 Å². The molecule has 0 aliphatic rings. The lowest BCUT2D eigenvalue weighted by Crippen LogP contribution is -2.14. The van der Waals surface area contributed by atoms with Gasteiger partial charge in [-0.15, -0.1) is 22.7 Å². The molecule has 2 aromatic heterocycles. The highest BCUT2D eigenvalue weighted by molar-refractivity contribution is 7.90. The molecule has 0 unspecified atom stereocenters. The van der Waals surface area contributed by atoms with E-state index in [1.165, 1.54) is 34.8 Å². The molecule has 1 aromatic carbocycles. The molecular weight excluding hydrogens is 460 g/mol. The third-order valence-corrected chi connectivity index (χ3v) is 6.60. The smallest absolute Gasteiger partial charge is 0.311 e. The zero-order valence-electron chi connectivity index (χ0n) is 16.7. The lowest BCUT2D eigenvalue weighted by atomic mass is 10.3. The van der Waals surface area contributed by atoms with E-state index in [2.05, 4.69) is 20.6 Å². The Bertz CT molecular complexity index is 1170. The number of carbonyl (C=O) groups is 2. The lowest BCUT2D eigenvalue weighted by molar-refractivity contribution is -0.142. The van der Waals surface area contributed by atoms with E-state index < -0.39 is 9.84 Å². The molecule has 12 heteroatoms. The van der Waals surface area contributed by atoms with Gasteiger partial charge >= 0.3 is 5.97 Å². The summed E-state index contributed by atoms with van der Waals surface area (Å²) < 4.78 is 27.9. The van der Waals surface area contributed by atoms with Gasteiger partial charge in [0.2, 0.25) is 5.91 Å². The lowest BCUT2D eigenvalue weighted by Gasteiger charge is -2.04. The second kappa shape index (κ2) is 9.98. The van der Waals surface area contributed by atoms with Gasteiger partial charge in [0.15, 0.2) is 20.1 Å². The summed E-state index contributed by atoms with van der Waals surface area (Å²) in [6.07, 6.45) is 1.28. The van der Waals surface area contributed by atoms with Crippen LogP contribution in [0.3, 0.4) is 0 Å². The van der Waals surface area contributed by atoms with Crippen LogP contribution in [-0.4, -0.2) is 43.1 Å². The average Bonchev–Trinajstić information content (AvgIpc) is 3.31. The van der Waals surface area contributed by atoms with E-state index >= 15 is 0 Å². The minimum atomic E-state index is -3.25. The Morgan fingerprint density at radius 2 is 1.61 bits per heavy atom. The molecule has 2 heterocycles. The summed E-state index contributed by atoms with van der Waals surface area (Å²) in [5.41, 5.74) is 1.82. The van der Waals surface area contributed by atoms with Crippen molar-refractivity contribution in [3.05, 3.63) is 46.4 Å². The first-order valence-electron chi connectivity index (χ1n) is 9.14.